The van der Waals surface area contributed by atoms with Crippen molar-refractivity contribution in [2.24, 2.45) is 11.3 Å². The smallest absolute Gasteiger partial charge is 0.222 e. The third kappa shape index (κ3) is 5.91. The van der Waals surface area contributed by atoms with Crippen LogP contribution in [0.25, 0.3) is 0 Å². The van der Waals surface area contributed by atoms with Crippen molar-refractivity contribution in [1.29, 1.82) is 0 Å². The molecule has 0 spiro atoms. The van der Waals surface area contributed by atoms with Crippen LogP contribution in [0.15, 0.2) is 0 Å². The first kappa shape index (κ1) is 16.4. The van der Waals surface area contributed by atoms with Crippen molar-refractivity contribution in [3.8, 4) is 0 Å². The van der Waals surface area contributed by atoms with Crippen molar-refractivity contribution >= 4 is 5.91 Å². The van der Waals surface area contributed by atoms with E-state index in [9.17, 15) is 9.90 Å². The lowest BCUT2D eigenvalue weighted by Gasteiger charge is -2.29. The predicted octanol–water partition coefficient (Wildman–Crippen LogP) is 1.63. The van der Waals surface area contributed by atoms with E-state index >= 15 is 0 Å². The van der Waals surface area contributed by atoms with E-state index < -0.39 is 5.60 Å². The van der Waals surface area contributed by atoms with Gasteiger partial charge < -0.3 is 15.3 Å². The Balaban J connectivity index is 2.40. The van der Waals surface area contributed by atoms with Crippen molar-refractivity contribution in [2.75, 3.05) is 26.7 Å². The minimum atomic E-state index is -0.738. The number of nitrogens with zero attached hydrogens (tertiary/aromatic N) is 1. The number of aliphatic hydroxyl groups is 1. The molecule has 1 rings (SSSR count). The van der Waals surface area contributed by atoms with Crippen LogP contribution in [0.4, 0.5) is 0 Å². The van der Waals surface area contributed by atoms with Gasteiger partial charge >= 0.3 is 0 Å². The van der Waals surface area contributed by atoms with Gasteiger partial charge in [-0.3, -0.25) is 4.79 Å². The summed E-state index contributed by atoms with van der Waals surface area (Å²) >= 11 is 0. The average molecular weight is 270 g/mol. The quantitative estimate of drug-likeness (QED) is 0.798. The molecule has 4 nitrogen and oxygen atoms in total. The molecule has 19 heavy (non-hydrogen) atoms. The van der Waals surface area contributed by atoms with Crippen LogP contribution in [0.1, 0.15) is 47.0 Å². The summed E-state index contributed by atoms with van der Waals surface area (Å²) in [5.41, 5.74) is -0.483. The van der Waals surface area contributed by atoms with Gasteiger partial charge in [-0.25, -0.2) is 0 Å². The van der Waals surface area contributed by atoms with Gasteiger partial charge in [0.1, 0.15) is 0 Å². The molecule has 4 heteroatoms. The van der Waals surface area contributed by atoms with Crippen molar-refractivity contribution < 1.29 is 9.90 Å². The van der Waals surface area contributed by atoms with Crippen LogP contribution in [0.2, 0.25) is 0 Å². The molecule has 0 radical (unpaired) electrons. The van der Waals surface area contributed by atoms with Gasteiger partial charge in [0.25, 0.3) is 0 Å². The maximum atomic E-state index is 12.2. The van der Waals surface area contributed by atoms with Crippen molar-refractivity contribution in [1.82, 2.24) is 10.2 Å². The highest BCUT2D eigenvalue weighted by Crippen LogP contribution is 2.26. The lowest BCUT2D eigenvalue weighted by Crippen LogP contribution is -2.45. The molecule has 1 aliphatic rings. The molecule has 1 heterocycles. The number of amides is 1. The van der Waals surface area contributed by atoms with Gasteiger partial charge in [0, 0.05) is 20.0 Å². The zero-order chi connectivity index (χ0) is 14.7. The summed E-state index contributed by atoms with van der Waals surface area (Å²) in [7, 11) is 1.79. The predicted molar refractivity (Wildman–Crippen MR) is 77.9 cm³/mol. The summed E-state index contributed by atoms with van der Waals surface area (Å²) in [6.45, 7) is 10.6. The lowest BCUT2D eigenvalue weighted by molar-refractivity contribution is -0.133. The molecule has 0 bridgehead atoms. The molecule has 0 aliphatic carbocycles. The Labute approximate surface area is 117 Å². The monoisotopic (exact) mass is 270 g/mol. The van der Waals surface area contributed by atoms with E-state index in [1.54, 1.807) is 11.9 Å². The normalized spacial score (nSPS) is 25.4. The Morgan fingerprint density at radius 1 is 1.47 bits per heavy atom. The van der Waals surface area contributed by atoms with Crippen LogP contribution in [0.3, 0.4) is 0 Å². The molecular formula is C15H30N2O2. The van der Waals surface area contributed by atoms with E-state index in [1.807, 2.05) is 0 Å². The summed E-state index contributed by atoms with van der Waals surface area (Å²) < 4.78 is 0. The largest absolute Gasteiger partial charge is 0.387 e. The highest BCUT2D eigenvalue weighted by molar-refractivity contribution is 5.76. The van der Waals surface area contributed by atoms with Crippen LogP contribution >= 0.6 is 0 Å². The number of carbonyl (C=O) groups excluding carboxylic acids is 1. The molecule has 1 fully saturated rings. The summed E-state index contributed by atoms with van der Waals surface area (Å²) in [4.78, 5) is 13.9. The van der Waals surface area contributed by atoms with E-state index in [1.165, 1.54) is 0 Å². The maximum Gasteiger partial charge on any atom is 0.222 e. The molecule has 2 N–H and O–H groups in total. The summed E-state index contributed by atoms with van der Waals surface area (Å²) in [6.07, 6.45) is 2.33. The van der Waals surface area contributed by atoms with Gasteiger partial charge in [0.15, 0.2) is 0 Å². The number of nitrogens with one attached hydrogen (secondary N) is 1. The van der Waals surface area contributed by atoms with Crippen molar-refractivity contribution in [3.05, 3.63) is 0 Å². The van der Waals surface area contributed by atoms with E-state index in [0.717, 1.165) is 19.4 Å². The Kier molecular flexibility index (Phi) is 5.39. The number of likely N-dealkylation sites (N-methyl/N-ethyl adjacent to an activating group) is 1. The number of hydrogen-bond acceptors (Lipinski definition) is 3. The standard InChI is InChI=1S/C15H30N2O2/c1-12(9-14(2,3)4)8-13(18)17(5)11-15(19)6-7-16-10-15/h12,16,19H,6-11H2,1-5H3. The highest BCUT2D eigenvalue weighted by atomic mass is 16.3. The van der Waals surface area contributed by atoms with E-state index in [-0.39, 0.29) is 11.3 Å². The van der Waals surface area contributed by atoms with Crippen molar-refractivity contribution in [2.45, 2.75) is 52.6 Å². The first-order valence-electron chi connectivity index (χ1n) is 7.28. The van der Waals surface area contributed by atoms with Gasteiger partial charge in [0.05, 0.1) is 12.1 Å². The molecule has 1 aliphatic heterocycles. The Hall–Kier alpha value is -0.610. The molecule has 2 unspecified atom stereocenters. The second kappa shape index (κ2) is 6.23. The van der Waals surface area contributed by atoms with Crippen LogP contribution in [-0.4, -0.2) is 48.2 Å². The molecule has 0 aromatic carbocycles. The maximum absolute atomic E-state index is 12.2. The van der Waals surface area contributed by atoms with Crippen LogP contribution in [0, 0.1) is 11.3 Å². The lowest BCUT2D eigenvalue weighted by atomic mass is 9.84. The summed E-state index contributed by atoms with van der Waals surface area (Å²) in [5.74, 6) is 0.517. The minimum absolute atomic E-state index is 0.136. The molecule has 0 aromatic heterocycles. The average Bonchev–Trinajstić information content (AvgIpc) is 2.61. The second-order valence-corrected chi connectivity index (χ2v) is 7.47. The summed E-state index contributed by atoms with van der Waals surface area (Å²) in [5, 5.41) is 13.4. The van der Waals surface area contributed by atoms with E-state index in [4.69, 9.17) is 0 Å². The first-order chi connectivity index (χ1) is 8.61. The first-order valence-corrected chi connectivity index (χ1v) is 7.28. The Bertz CT molecular complexity index is 304. The zero-order valence-corrected chi connectivity index (χ0v) is 13.1. The second-order valence-electron chi connectivity index (χ2n) is 7.47. The zero-order valence-electron chi connectivity index (χ0n) is 13.1. The van der Waals surface area contributed by atoms with Crippen LogP contribution < -0.4 is 5.32 Å². The Morgan fingerprint density at radius 3 is 2.58 bits per heavy atom. The number of carbonyl (C=O) groups is 1. The third-order valence-electron chi connectivity index (χ3n) is 3.66. The van der Waals surface area contributed by atoms with Gasteiger partial charge in [-0.15, -0.1) is 0 Å². The SMILES string of the molecule is CC(CC(=O)N(C)CC1(O)CCNC1)CC(C)(C)C. The van der Waals surface area contributed by atoms with Gasteiger partial charge in [-0.2, -0.15) is 0 Å². The fourth-order valence-electron chi connectivity index (χ4n) is 2.97. The van der Waals surface area contributed by atoms with Gasteiger partial charge in [-0.1, -0.05) is 27.7 Å². The number of hydrogen-bond donors (Lipinski definition) is 2. The molecule has 1 saturated heterocycles. The number of rotatable bonds is 5. The molecule has 2 atom stereocenters. The fourth-order valence-corrected chi connectivity index (χ4v) is 2.97. The molecule has 112 valence electrons. The summed E-state index contributed by atoms with van der Waals surface area (Å²) in [6, 6.07) is 0. The molecule has 0 aromatic rings. The van der Waals surface area contributed by atoms with Crippen LogP contribution in [0.5, 0.6) is 0 Å². The highest BCUT2D eigenvalue weighted by Gasteiger charge is 2.33. The molecule has 0 saturated carbocycles. The molecule has 1 amide bonds. The minimum Gasteiger partial charge on any atom is -0.387 e. The van der Waals surface area contributed by atoms with Crippen LogP contribution in [-0.2, 0) is 4.79 Å². The van der Waals surface area contributed by atoms with Gasteiger partial charge in [0.2, 0.25) is 5.91 Å². The fraction of sp³-hybridized carbons (Fsp3) is 0.933. The third-order valence-corrected chi connectivity index (χ3v) is 3.66. The van der Waals surface area contributed by atoms with Crippen molar-refractivity contribution in [3.63, 3.8) is 0 Å². The Morgan fingerprint density at radius 2 is 2.11 bits per heavy atom. The van der Waals surface area contributed by atoms with E-state index in [2.05, 4.69) is 33.0 Å². The van der Waals surface area contributed by atoms with Gasteiger partial charge in [-0.05, 0) is 30.7 Å². The number of β-amino-alcohol motifs (C(OH)–C–C–N with tert-alkyl or cyclic N) is 1. The molecular weight excluding hydrogens is 240 g/mol. The van der Waals surface area contributed by atoms with E-state index in [0.29, 0.717) is 25.4 Å². The topological polar surface area (TPSA) is 52.6 Å².